The molecule has 5 nitrogen and oxygen atoms in total. The van der Waals surface area contributed by atoms with Gasteiger partial charge in [0, 0.05) is 16.5 Å². The van der Waals surface area contributed by atoms with Crippen molar-refractivity contribution in [2.75, 3.05) is 5.32 Å². The number of rotatable bonds is 1. The van der Waals surface area contributed by atoms with Gasteiger partial charge in [0.15, 0.2) is 0 Å². The topological polar surface area (TPSA) is 53.9 Å². The standard InChI is InChI=1S/C24H18BrN3O2/c1-14-6-8-15(9-7-14)20-13-21-17-4-2-3-5-22(17)30-24(28(21)27-20)18-12-16(25)10-11-19(18)26-23(24)29/h2-12,21H,13H2,1H3,(H,26,29)/t21-,24-/m0/s1. The third kappa shape index (κ3) is 2.34. The first kappa shape index (κ1) is 17.7. The summed E-state index contributed by atoms with van der Waals surface area (Å²) in [5.41, 5.74) is 4.46. The van der Waals surface area contributed by atoms with E-state index in [4.69, 9.17) is 9.84 Å². The Kier molecular flexibility index (Phi) is 3.65. The Bertz CT molecular complexity index is 1240. The number of aryl methyl sites for hydroxylation is 1. The van der Waals surface area contributed by atoms with Crippen molar-refractivity contribution in [3.8, 4) is 5.75 Å². The number of fused-ring (bicyclic) bond motifs is 6. The summed E-state index contributed by atoms with van der Waals surface area (Å²) in [6, 6.07) is 22.0. The molecule has 0 radical (unpaired) electrons. The Morgan fingerprint density at radius 1 is 1.13 bits per heavy atom. The lowest BCUT2D eigenvalue weighted by atomic mass is 9.92. The molecule has 1 spiro atoms. The number of benzene rings is 3. The third-order valence-corrected chi connectivity index (χ3v) is 6.55. The minimum absolute atomic E-state index is 0.0815. The molecule has 3 aliphatic rings. The van der Waals surface area contributed by atoms with Crippen LogP contribution in [0, 0.1) is 6.92 Å². The number of nitrogens with zero attached hydrogens (tertiary/aromatic N) is 2. The lowest BCUT2D eigenvalue weighted by Crippen LogP contribution is -2.55. The molecular weight excluding hydrogens is 442 g/mol. The monoisotopic (exact) mass is 459 g/mol. The molecule has 30 heavy (non-hydrogen) atoms. The summed E-state index contributed by atoms with van der Waals surface area (Å²) < 4.78 is 7.36. The number of anilines is 1. The lowest BCUT2D eigenvalue weighted by Gasteiger charge is -2.44. The van der Waals surface area contributed by atoms with Crippen molar-refractivity contribution in [2.45, 2.75) is 25.1 Å². The number of ether oxygens (including phenoxy) is 1. The summed E-state index contributed by atoms with van der Waals surface area (Å²) >= 11 is 3.55. The van der Waals surface area contributed by atoms with Crippen molar-refractivity contribution >= 4 is 33.2 Å². The Morgan fingerprint density at radius 2 is 1.93 bits per heavy atom. The van der Waals surface area contributed by atoms with Crippen molar-refractivity contribution in [3.05, 3.63) is 93.5 Å². The summed E-state index contributed by atoms with van der Waals surface area (Å²) in [5.74, 6) is 0.506. The van der Waals surface area contributed by atoms with Crippen LogP contribution < -0.4 is 10.1 Å². The minimum atomic E-state index is -1.33. The van der Waals surface area contributed by atoms with Gasteiger partial charge in [0.25, 0.3) is 5.91 Å². The first-order chi connectivity index (χ1) is 14.6. The smallest absolute Gasteiger partial charge is 0.306 e. The number of carbonyl (C=O) groups excluding carboxylic acids is 1. The van der Waals surface area contributed by atoms with Crippen LogP contribution >= 0.6 is 15.9 Å². The molecule has 0 fully saturated rings. The predicted molar refractivity (Wildman–Crippen MR) is 118 cm³/mol. The van der Waals surface area contributed by atoms with E-state index in [9.17, 15) is 4.79 Å². The molecule has 2 atom stereocenters. The number of hydrogen-bond acceptors (Lipinski definition) is 4. The van der Waals surface area contributed by atoms with E-state index in [-0.39, 0.29) is 11.9 Å². The quantitative estimate of drug-likeness (QED) is 0.550. The highest BCUT2D eigenvalue weighted by Gasteiger charge is 2.60. The summed E-state index contributed by atoms with van der Waals surface area (Å²) in [4.78, 5) is 13.4. The van der Waals surface area contributed by atoms with E-state index >= 15 is 0 Å². The maximum atomic E-state index is 13.4. The molecule has 0 aromatic heterocycles. The second kappa shape index (κ2) is 6.19. The van der Waals surface area contributed by atoms with E-state index < -0.39 is 5.72 Å². The van der Waals surface area contributed by atoms with Crippen LogP contribution in [0.4, 0.5) is 5.69 Å². The molecule has 0 aliphatic carbocycles. The van der Waals surface area contributed by atoms with Crippen molar-refractivity contribution in [3.63, 3.8) is 0 Å². The Balaban J connectivity index is 1.57. The van der Waals surface area contributed by atoms with Gasteiger partial charge < -0.3 is 10.1 Å². The molecule has 3 aliphatic heterocycles. The molecule has 1 N–H and O–H groups in total. The first-order valence-corrected chi connectivity index (χ1v) is 10.7. The highest BCUT2D eigenvalue weighted by Crippen LogP contribution is 2.54. The van der Waals surface area contributed by atoms with Gasteiger partial charge in [-0.25, -0.2) is 5.01 Å². The highest BCUT2D eigenvalue weighted by atomic mass is 79.9. The van der Waals surface area contributed by atoms with Crippen LogP contribution in [-0.2, 0) is 10.5 Å². The number of para-hydroxylation sites is 1. The van der Waals surface area contributed by atoms with Crippen LogP contribution in [0.1, 0.15) is 34.7 Å². The van der Waals surface area contributed by atoms with Crippen LogP contribution in [0.25, 0.3) is 0 Å². The molecule has 1 amide bonds. The van der Waals surface area contributed by atoms with E-state index in [0.717, 1.165) is 38.3 Å². The third-order valence-electron chi connectivity index (χ3n) is 6.06. The summed E-state index contributed by atoms with van der Waals surface area (Å²) in [5, 5.41) is 9.83. The van der Waals surface area contributed by atoms with Crippen LogP contribution in [0.5, 0.6) is 5.75 Å². The van der Waals surface area contributed by atoms with E-state index in [0.29, 0.717) is 6.42 Å². The van der Waals surface area contributed by atoms with Crippen molar-refractivity contribution in [1.82, 2.24) is 5.01 Å². The SMILES string of the molecule is Cc1ccc(C2=NN3[C@@H](C2)c2ccccc2O[C@@]32C(=O)Nc3ccc(Br)cc32)cc1. The van der Waals surface area contributed by atoms with Gasteiger partial charge in [0.05, 0.1) is 23.0 Å². The Labute approximate surface area is 182 Å². The van der Waals surface area contributed by atoms with Crippen LogP contribution in [0.15, 0.2) is 76.3 Å². The first-order valence-electron chi connectivity index (χ1n) is 9.89. The fraction of sp³-hybridized carbons (Fsp3) is 0.167. The van der Waals surface area contributed by atoms with Gasteiger partial charge in [-0.1, -0.05) is 64.0 Å². The molecule has 6 rings (SSSR count). The summed E-state index contributed by atoms with van der Waals surface area (Å²) in [7, 11) is 0. The van der Waals surface area contributed by atoms with Gasteiger partial charge in [-0.15, -0.1) is 0 Å². The van der Waals surface area contributed by atoms with Gasteiger partial charge in [-0.05, 0) is 36.8 Å². The average Bonchev–Trinajstić information content (AvgIpc) is 3.30. The number of hydrazone groups is 1. The van der Waals surface area contributed by atoms with Gasteiger partial charge >= 0.3 is 5.72 Å². The van der Waals surface area contributed by atoms with Gasteiger partial charge in [-0.3, -0.25) is 4.79 Å². The largest absolute Gasteiger partial charge is 0.453 e. The van der Waals surface area contributed by atoms with Gasteiger partial charge in [-0.2, -0.15) is 5.10 Å². The van der Waals surface area contributed by atoms with Gasteiger partial charge in [0.1, 0.15) is 5.75 Å². The Morgan fingerprint density at radius 3 is 2.77 bits per heavy atom. The van der Waals surface area contributed by atoms with Crippen molar-refractivity contribution in [1.29, 1.82) is 0 Å². The van der Waals surface area contributed by atoms with Crippen LogP contribution in [-0.4, -0.2) is 16.6 Å². The number of nitrogens with one attached hydrogen (secondary N) is 1. The normalized spacial score (nSPS) is 23.4. The molecule has 0 saturated carbocycles. The molecular formula is C24H18BrN3O2. The molecule has 6 heteroatoms. The molecule has 148 valence electrons. The van der Waals surface area contributed by atoms with E-state index in [1.165, 1.54) is 5.56 Å². The maximum Gasteiger partial charge on any atom is 0.306 e. The second-order valence-electron chi connectivity index (χ2n) is 7.91. The highest BCUT2D eigenvalue weighted by molar-refractivity contribution is 9.10. The average molecular weight is 460 g/mol. The molecule has 3 aromatic rings. The van der Waals surface area contributed by atoms with E-state index in [2.05, 4.69) is 58.5 Å². The second-order valence-corrected chi connectivity index (χ2v) is 8.82. The minimum Gasteiger partial charge on any atom is -0.453 e. The van der Waals surface area contributed by atoms with Crippen LogP contribution in [0.2, 0.25) is 0 Å². The van der Waals surface area contributed by atoms with Crippen LogP contribution in [0.3, 0.4) is 0 Å². The zero-order valence-corrected chi connectivity index (χ0v) is 17.8. The fourth-order valence-corrected chi connectivity index (χ4v) is 4.94. The number of carbonyl (C=O) groups is 1. The van der Waals surface area contributed by atoms with Crippen molar-refractivity contribution < 1.29 is 9.53 Å². The number of amides is 1. The molecule has 0 bridgehead atoms. The maximum absolute atomic E-state index is 13.4. The molecule has 0 saturated heterocycles. The molecule has 0 unspecified atom stereocenters. The van der Waals surface area contributed by atoms with Gasteiger partial charge in [0.2, 0.25) is 0 Å². The summed E-state index contributed by atoms with van der Waals surface area (Å²) in [6.45, 7) is 2.07. The number of hydrogen-bond donors (Lipinski definition) is 1. The predicted octanol–water partition coefficient (Wildman–Crippen LogP) is 5.11. The fourth-order valence-electron chi connectivity index (χ4n) is 4.58. The number of halogens is 1. The summed E-state index contributed by atoms with van der Waals surface area (Å²) in [6.07, 6.45) is 0.710. The van der Waals surface area contributed by atoms with E-state index in [1.54, 1.807) is 0 Å². The molecule has 3 aromatic carbocycles. The molecule has 3 heterocycles. The zero-order chi connectivity index (χ0) is 20.5. The zero-order valence-electron chi connectivity index (χ0n) is 16.2. The lowest BCUT2D eigenvalue weighted by molar-refractivity contribution is -0.161. The Hall–Kier alpha value is -3.12. The van der Waals surface area contributed by atoms with Crippen molar-refractivity contribution in [2.24, 2.45) is 5.10 Å². The van der Waals surface area contributed by atoms with E-state index in [1.807, 2.05) is 41.4 Å².